The standard InChI is InChI=1S/C15H19N3O/c1-18(13-5-7-19-8-6-13)15-12(10-16)9-11-3-2-4-14(11)17-15/h9,13H,2-8H2,1H3. The highest BCUT2D eigenvalue weighted by Gasteiger charge is 2.24. The highest BCUT2D eigenvalue weighted by Crippen LogP contribution is 2.28. The van der Waals surface area contributed by atoms with E-state index in [1.807, 2.05) is 6.07 Å². The lowest BCUT2D eigenvalue weighted by atomic mass is 10.1. The number of nitriles is 1. The van der Waals surface area contributed by atoms with Crippen molar-refractivity contribution >= 4 is 5.82 Å². The summed E-state index contributed by atoms with van der Waals surface area (Å²) in [5, 5.41) is 9.36. The average molecular weight is 257 g/mol. The minimum Gasteiger partial charge on any atom is -0.381 e. The molecule has 1 aliphatic carbocycles. The Morgan fingerprint density at radius 2 is 2.16 bits per heavy atom. The molecule has 1 aliphatic heterocycles. The molecule has 0 radical (unpaired) electrons. The third-order valence-electron chi connectivity index (χ3n) is 4.22. The van der Waals surface area contributed by atoms with Crippen LogP contribution in [0.25, 0.3) is 0 Å². The first-order valence-corrected chi connectivity index (χ1v) is 7.03. The first-order valence-electron chi connectivity index (χ1n) is 7.03. The van der Waals surface area contributed by atoms with Crippen LogP contribution in [0.5, 0.6) is 0 Å². The molecule has 3 rings (SSSR count). The Morgan fingerprint density at radius 3 is 2.89 bits per heavy atom. The Hall–Kier alpha value is -1.60. The van der Waals surface area contributed by atoms with Crippen molar-refractivity contribution < 1.29 is 4.74 Å². The number of ether oxygens (including phenoxy) is 1. The van der Waals surface area contributed by atoms with Crippen molar-refractivity contribution in [2.75, 3.05) is 25.2 Å². The van der Waals surface area contributed by atoms with E-state index in [9.17, 15) is 5.26 Å². The van der Waals surface area contributed by atoms with Crippen molar-refractivity contribution in [2.45, 2.75) is 38.1 Å². The van der Waals surface area contributed by atoms with Gasteiger partial charge >= 0.3 is 0 Å². The van der Waals surface area contributed by atoms with Gasteiger partial charge in [-0.25, -0.2) is 4.98 Å². The van der Waals surface area contributed by atoms with E-state index in [1.165, 1.54) is 11.3 Å². The van der Waals surface area contributed by atoms with Crippen LogP contribution in [-0.4, -0.2) is 31.3 Å². The molecule has 4 nitrogen and oxygen atoms in total. The van der Waals surface area contributed by atoms with Crippen LogP contribution in [0.1, 0.15) is 36.1 Å². The fourth-order valence-corrected chi connectivity index (χ4v) is 3.06. The summed E-state index contributed by atoms with van der Waals surface area (Å²) in [5.41, 5.74) is 3.17. The van der Waals surface area contributed by atoms with Gasteiger partial charge in [0.1, 0.15) is 11.9 Å². The molecule has 0 atom stereocenters. The summed E-state index contributed by atoms with van der Waals surface area (Å²) in [6, 6.07) is 4.79. The van der Waals surface area contributed by atoms with Crippen molar-refractivity contribution in [2.24, 2.45) is 0 Å². The minimum absolute atomic E-state index is 0.438. The van der Waals surface area contributed by atoms with Gasteiger partial charge < -0.3 is 9.64 Å². The zero-order chi connectivity index (χ0) is 13.2. The predicted octanol–water partition coefficient (Wildman–Crippen LogP) is 2.06. The summed E-state index contributed by atoms with van der Waals surface area (Å²) in [5.74, 6) is 0.857. The highest BCUT2D eigenvalue weighted by atomic mass is 16.5. The molecular weight excluding hydrogens is 238 g/mol. The van der Waals surface area contributed by atoms with E-state index in [0.717, 1.165) is 56.7 Å². The molecule has 4 heteroatoms. The number of nitrogens with zero attached hydrogens (tertiary/aromatic N) is 3. The molecule has 0 aromatic carbocycles. The van der Waals surface area contributed by atoms with Crippen LogP contribution in [0.4, 0.5) is 5.82 Å². The third kappa shape index (κ3) is 2.31. The number of anilines is 1. The van der Waals surface area contributed by atoms with Crippen LogP contribution in [0.3, 0.4) is 0 Å². The van der Waals surface area contributed by atoms with Crippen molar-refractivity contribution in [1.29, 1.82) is 5.26 Å². The van der Waals surface area contributed by atoms with Crippen LogP contribution in [0, 0.1) is 11.3 Å². The Morgan fingerprint density at radius 1 is 1.37 bits per heavy atom. The summed E-state index contributed by atoms with van der Waals surface area (Å²) in [7, 11) is 2.06. The second kappa shape index (κ2) is 5.18. The number of hydrogen-bond acceptors (Lipinski definition) is 4. The summed E-state index contributed by atoms with van der Waals surface area (Å²) in [6.07, 6.45) is 5.31. The second-order valence-corrected chi connectivity index (χ2v) is 5.39. The summed E-state index contributed by atoms with van der Waals surface area (Å²) < 4.78 is 5.40. The normalized spacial score (nSPS) is 18.9. The molecule has 2 aliphatic rings. The molecule has 0 unspecified atom stereocenters. The molecule has 1 aromatic rings. The molecule has 1 fully saturated rings. The van der Waals surface area contributed by atoms with Gasteiger partial charge in [0.2, 0.25) is 0 Å². The Kier molecular flexibility index (Phi) is 3.39. The van der Waals surface area contributed by atoms with E-state index < -0.39 is 0 Å². The minimum atomic E-state index is 0.438. The van der Waals surface area contributed by atoms with Gasteiger partial charge in [0.15, 0.2) is 0 Å². The molecule has 1 aromatic heterocycles. The van der Waals surface area contributed by atoms with Crippen LogP contribution in [0.2, 0.25) is 0 Å². The van der Waals surface area contributed by atoms with Gasteiger partial charge in [0.25, 0.3) is 0 Å². The molecule has 0 spiro atoms. The lowest BCUT2D eigenvalue weighted by Gasteiger charge is -2.32. The van der Waals surface area contributed by atoms with Gasteiger partial charge in [-0.1, -0.05) is 0 Å². The number of fused-ring (bicyclic) bond motifs is 1. The second-order valence-electron chi connectivity index (χ2n) is 5.39. The van der Waals surface area contributed by atoms with E-state index in [1.54, 1.807) is 0 Å². The third-order valence-corrected chi connectivity index (χ3v) is 4.22. The van der Waals surface area contributed by atoms with Crippen LogP contribution in [0.15, 0.2) is 6.07 Å². The van der Waals surface area contributed by atoms with E-state index in [4.69, 9.17) is 9.72 Å². The molecule has 0 bridgehead atoms. The van der Waals surface area contributed by atoms with Gasteiger partial charge in [0, 0.05) is 32.0 Å². The first kappa shape index (κ1) is 12.4. The first-order chi connectivity index (χ1) is 9.29. The number of hydrogen-bond donors (Lipinski definition) is 0. The molecule has 100 valence electrons. The van der Waals surface area contributed by atoms with Crippen molar-refractivity contribution in [3.63, 3.8) is 0 Å². The molecule has 0 amide bonds. The molecule has 2 heterocycles. The van der Waals surface area contributed by atoms with Crippen LogP contribution in [-0.2, 0) is 17.6 Å². The monoisotopic (exact) mass is 257 g/mol. The van der Waals surface area contributed by atoms with Crippen LogP contribution >= 0.6 is 0 Å². The lowest BCUT2D eigenvalue weighted by Crippen LogP contribution is -2.37. The quantitative estimate of drug-likeness (QED) is 0.813. The summed E-state index contributed by atoms with van der Waals surface area (Å²) in [6.45, 7) is 1.61. The maximum atomic E-state index is 9.36. The van der Waals surface area contributed by atoms with Gasteiger partial charge in [-0.05, 0) is 43.7 Å². The van der Waals surface area contributed by atoms with Gasteiger partial charge in [0.05, 0.1) is 5.56 Å². The number of aryl methyl sites for hydroxylation is 2. The molecular formula is C15H19N3O. The predicted molar refractivity (Wildman–Crippen MR) is 73.2 cm³/mol. The molecule has 19 heavy (non-hydrogen) atoms. The van der Waals surface area contributed by atoms with Crippen molar-refractivity contribution in [1.82, 2.24) is 4.98 Å². The van der Waals surface area contributed by atoms with E-state index in [2.05, 4.69) is 18.0 Å². The number of rotatable bonds is 2. The van der Waals surface area contributed by atoms with E-state index in [-0.39, 0.29) is 0 Å². The molecule has 1 saturated heterocycles. The summed E-state index contributed by atoms with van der Waals surface area (Å²) >= 11 is 0. The fourth-order valence-electron chi connectivity index (χ4n) is 3.06. The Labute approximate surface area is 114 Å². The molecule has 0 N–H and O–H groups in total. The number of aromatic nitrogens is 1. The fraction of sp³-hybridized carbons (Fsp3) is 0.600. The van der Waals surface area contributed by atoms with Gasteiger partial charge in [-0.3, -0.25) is 0 Å². The summed E-state index contributed by atoms with van der Waals surface area (Å²) in [4.78, 5) is 6.94. The van der Waals surface area contributed by atoms with E-state index >= 15 is 0 Å². The van der Waals surface area contributed by atoms with E-state index in [0.29, 0.717) is 6.04 Å². The topological polar surface area (TPSA) is 49.2 Å². The SMILES string of the molecule is CN(c1nc2c(cc1C#N)CCC2)C1CCOCC1. The van der Waals surface area contributed by atoms with Crippen LogP contribution < -0.4 is 4.90 Å². The molecule has 0 saturated carbocycles. The Bertz CT molecular complexity index is 515. The van der Waals surface area contributed by atoms with Crippen molar-refractivity contribution in [3.8, 4) is 6.07 Å². The maximum Gasteiger partial charge on any atom is 0.146 e. The lowest BCUT2D eigenvalue weighted by molar-refractivity contribution is 0.0853. The van der Waals surface area contributed by atoms with Crippen molar-refractivity contribution in [3.05, 3.63) is 22.9 Å². The Balaban J connectivity index is 1.92. The van der Waals surface area contributed by atoms with Gasteiger partial charge in [-0.15, -0.1) is 0 Å². The zero-order valence-electron chi connectivity index (χ0n) is 11.4. The average Bonchev–Trinajstić information content (AvgIpc) is 2.93. The zero-order valence-corrected chi connectivity index (χ0v) is 11.4. The smallest absolute Gasteiger partial charge is 0.146 e. The van der Waals surface area contributed by atoms with Gasteiger partial charge in [-0.2, -0.15) is 5.26 Å². The number of pyridine rings is 1. The maximum absolute atomic E-state index is 9.36. The highest BCUT2D eigenvalue weighted by molar-refractivity contribution is 5.57. The largest absolute Gasteiger partial charge is 0.381 e.